The van der Waals surface area contributed by atoms with Gasteiger partial charge in [-0.2, -0.15) is 0 Å². The minimum atomic E-state index is -0.790. The summed E-state index contributed by atoms with van der Waals surface area (Å²) >= 11 is 0. The van der Waals surface area contributed by atoms with Crippen molar-refractivity contribution in [2.45, 2.75) is 19.8 Å². The summed E-state index contributed by atoms with van der Waals surface area (Å²) in [6.07, 6.45) is 1.87. The van der Waals surface area contributed by atoms with Crippen LogP contribution in [0.3, 0.4) is 0 Å². The van der Waals surface area contributed by atoms with Crippen molar-refractivity contribution in [2.75, 3.05) is 19.8 Å². The van der Waals surface area contributed by atoms with Crippen LogP contribution in [0.1, 0.15) is 30.1 Å². The number of carbonyl (C=O) groups excluding carboxylic acids is 1. The molecule has 1 fully saturated rings. The molecule has 1 aliphatic rings. The summed E-state index contributed by atoms with van der Waals surface area (Å²) in [5.74, 6) is -2.29. The molecule has 19 heavy (non-hydrogen) atoms. The molecule has 2 rings (SSSR count). The lowest BCUT2D eigenvalue weighted by molar-refractivity contribution is -0.142. The van der Waals surface area contributed by atoms with Crippen LogP contribution in [0.4, 0.5) is 8.78 Å². The molecule has 1 saturated heterocycles. The standard InChI is InChI=1S/C14H16F2O3/c1-2-3-14(7-18-8-14)9-19-13(17)10-4-11(15)6-12(16)5-10/h4-6H,2-3,7-9H2,1H3. The predicted molar refractivity (Wildman–Crippen MR) is 64.8 cm³/mol. The maximum atomic E-state index is 13.0. The van der Waals surface area contributed by atoms with E-state index < -0.39 is 17.6 Å². The highest BCUT2D eigenvalue weighted by Crippen LogP contribution is 2.33. The van der Waals surface area contributed by atoms with Crippen LogP contribution in [0.2, 0.25) is 0 Å². The first kappa shape index (κ1) is 13.9. The van der Waals surface area contributed by atoms with Crippen LogP contribution in [0, 0.1) is 17.0 Å². The number of benzene rings is 1. The van der Waals surface area contributed by atoms with Gasteiger partial charge in [0.15, 0.2) is 0 Å². The SMILES string of the molecule is CCCC1(COC(=O)c2cc(F)cc(F)c2)COC1. The molecule has 0 atom stereocenters. The summed E-state index contributed by atoms with van der Waals surface area (Å²) in [4.78, 5) is 11.7. The summed E-state index contributed by atoms with van der Waals surface area (Å²) in [5, 5.41) is 0. The van der Waals surface area contributed by atoms with Gasteiger partial charge in [0.2, 0.25) is 0 Å². The average molecular weight is 270 g/mol. The van der Waals surface area contributed by atoms with Gasteiger partial charge in [0.05, 0.1) is 24.2 Å². The zero-order valence-electron chi connectivity index (χ0n) is 10.7. The molecule has 0 amide bonds. The highest BCUT2D eigenvalue weighted by atomic mass is 19.1. The van der Waals surface area contributed by atoms with E-state index in [1.54, 1.807) is 0 Å². The van der Waals surface area contributed by atoms with Crippen molar-refractivity contribution >= 4 is 5.97 Å². The van der Waals surface area contributed by atoms with Gasteiger partial charge in [-0.1, -0.05) is 13.3 Å². The van der Waals surface area contributed by atoms with Gasteiger partial charge in [0.25, 0.3) is 0 Å². The number of hydrogen-bond donors (Lipinski definition) is 0. The van der Waals surface area contributed by atoms with Crippen LogP contribution in [-0.4, -0.2) is 25.8 Å². The molecule has 0 bridgehead atoms. The van der Waals surface area contributed by atoms with E-state index in [1.165, 1.54) is 0 Å². The lowest BCUT2D eigenvalue weighted by Crippen LogP contribution is -2.46. The smallest absolute Gasteiger partial charge is 0.338 e. The molecule has 0 aliphatic carbocycles. The molecule has 0 saturated carbocycles. The van der Waals surface area contributed by atoms with Crippen molar-refractivity contribution in [3.63, 3.8) is 0 Å². The van der Waals surface area contributed by atoms with E-state index in [-0.39, 0.29) is 17.6 Å². The minimum absolute atomic E-state index is 0.107. The van der Waals surface area contributed by atoms with Gasteiger partial charge in [-0.05, 0) is 18.6 Å². The number of hydrogen-bond acceptors (Lipinski definition) is 3. The second kappa shape index (κ2) is 5.65. The maximum absolute atomic E-state index is 13.0. The number of rotatable bonds is 5. The van der Waals surface area contributed by atoms with Crippen molar-refractivity contribution in [1.29, 1.82) is 0 Å². The Morgan fingerprint density at radius 2 is 1.95 bits per heavy atom. The molecule has 5 heteroatoms. The zero-order valence-corrected chi connectivity index (χ0v) is 10.7. The normalized spacial score (nSPS) is 16.8. The number of halogens is 2. The summed E-state index contributed by atoms with van der Waals surface area (Å²) in [7, 11) is 0. The largest absolute Gasteiger partial charge is 0.461 e. The van der Waals surface area contributed by atoms with Crippen molar-refractivity contribution < 1.29 is 23.0 Å². The molecular weight excluding hydrogens is 254 g/mol. The van der Waals surface area contributed by atoms with Crippen molar-refractivity contribution in [1.82, 2.24) is 0 Å². The first-order valence-corrected chi connectivity index (χ1v) is 6.26. The van der Waals surface area contributed by atoms with E-state index in [4.69, 9.17) is 9.47 Å². The van der Waals surface area contributed by atoms with Gasteiger partial charge in [-0.25, -0.2) is 13.6 Å². The predicted octanol–water partition coefficient (Wildman–Crippen LogP) is 2.94. The Morgan fingerprint density at radius 1 is 1.32 bits per heavy atom. The molecule has 1 aromatic rings. The molecular formula is C14H16F2O3. The lowest BCUT2D eigenvalue weighted by Gasteiger charge is -2.40. The first-order chi connectivity index (χ1) is 9.04. The maximum Gasteiger partial charge on any atom is 0.338 e. The van der Waals surface area contributed by atoms with Gasteiger partial charge >= 0.3 is 5.97 Å². The Hall–Kier alpha value is -1.49. The minimum Gasteiger partial charge on any atom is -0.461 e. The van der Waals surface area contributed by atoms with E-state index in [2.05, 4.69) is 0 Å². The van der Waals surface area contributed by atoms with Gasteiger partial charge < -0.3 is 9.47 Å². The van der Waals surface area contributed by atoms with Crippen LogP contribution in [-0.2, 0) is 9.47 Å². The number of esters is 1. The quantitative estimate of drug-likeness (QED) is 0.772. The number of ether oxygens (including phenoxy) is 2. The van der Waals surface area contributed by atoms with Crippen LogP contribution in [0.25, 0.3) is 0 Å². The fraction of sp³-hybridized carbons (Fsp3) is 0.500. The fourth-order valence-electron chi connectivity index (χ4n) is 2.19. The highest BCUT2D eigenvalue weighted by Gasteiger charge is 2.39. The highest BCUT2D eigenvalue weighted by molar-refractivity contribution is 5.89. The number of carbonyl (C=O) groups is 1. The molecule has 104 valence electrons. The van der Waals surface area contributed by atoms with E-state index in [0.29, 0.717) is 13.2 Å². The monoisotopic (exact) mass is 270 g/mol. The third kappa shape index (κ3) is 3.29. The lowest BCUT2D eigenvalue weighted by atomic mass is 9.82. The molecule has 1 aliphatic heterocycles. The van der Waals surface area contributed by atoms with Gasteiger partial charge in [0, 0.05) is 6.07 Å². The molecule has 0 radical (unpaired) electrons. The summed E-state index contributed by atoms with van der Waals surface area (Å²) in [5.41, 5.74) is -0.236. The van der Waals surface area contributed by atoms with Crippen molar-refractivity contribution in [3.05, 3.63) is 35.4 Å². The van der Waals surface area contributed by atoms with Crippen LogP contribution >= 0.6 is 0 Å². The third-order valence-electron chi connectivity index (χ3n) is 3.20. The Balaban J connectivity index is 1.97. The molecule has 1 heterocycles. The van der Waals surface area contributed by atoms with Crippen molar-refractivity contribution in [2.24, 2.45) is 5.41 Å². The molecule has 0 aromatic heterocycles. The van der Waals surface area contributed by atoms with Crippen LogP contribution in [0.15, 0.2) is 18.2 Å². The van der Waals surface area contributed by atoms with Gasteiger partial charge in [0.1, 0.15) is 18.2 Å². The Bertz CT molecular complexity index is 450. The molecule has 3 nitrogen and oxygen atoms in total. The average Bonchev–Trinajstić information content (AvgIpc) is 2.30. The Kier molecular flexibility index (Phi) is 4.14. The second-order valence-corrected chi connectivity index (χ2v) is 4.98. The van der Waals surface area contributed by atoms with Gasteiger partial charge in [-0.3, -0.25) is 0 Å². The van der Waals surface area contributed by atoms with E-state index in [9.17, 15) is 13.6 Å². The second-order valence-electron chi connectivity index (χ2n) is 4.98. The van der Waals surface area contributed by atoms with E-state index >= 15 is 0 Å². The van der Waals surface area contributed by atoms with E-state index in [1.807, 2.05) is 6.92 Å². The molecule has 0 unspecified atom stereocenters. The fourth-order valence-corrected chi connectivity index (χ4v) is 2.19. The topological polar surface area (TPSA) is 35.5 Å². The summed E-state index contributed by atoms with van der Waals surface area (Å²) in [6.45, 7) is 3.39. The summed E-state index contributed by atoms with van der Waals surface area (Å²) in [6, 6.07) is 2.65. The Morgan fingerprint density at radius 3 is 2.42 bits per heavy atom. The van der Waals surface area contributed by atoms with Crippen LogP contribution in [0.5, 0.6) is 0 Å². The van der Waals surface area contributed by atoms with Crippen molar-refractivity contribution in [3.8, 4) is 0 Å². The van der Waals surface area contributed by atoms with E-state index in [0.717, 1.165) is 31.0 Å². The van der Waals surface area contributed by atoms with Gasteiger partial charge in [-0.15, -0.1) is 0 Å². The summed E-state index contributed by atoms with van der Waals surface area (Å²) < 4.78 is 36.3. The third-order valence-corrected chi connectivity index (χ3v) is 3.20. The zero-order chi connectivity index (χ0) is 13.9. The molecule has 0 spiro atoms. The van der Waals surface area contributed by atoms with Crippen LogP contribution < -0.4 is 0 Å². The molecule has 1 aromatic carbocycles. The molecule has 0 N–H and O–H groups in total. The first-order valence-electron chi connectivity index (χ1n) is 6.26. The Labute approximate surface area is 110 Å².